The predicted molar refractivity (Wildman–Crippen MR) is 113 cm³/mol. The van der Waals surface area contributed by atoms with E-state index in [2.05, 4.69) is 0 Å². The van der Waals surface area contributed by atoms with Gasteiger partial charge in [-0.25, -0.2) is 0 Å². The summed E-state index contributed by atoms with van der Waals surface area (Å²) < 4.78 is 24.0. The molecule has 2 rings (SSSR count). The first-order chi connectivity index (χ1) is 12.9. The fourth-order valence-electron chi connectivity index (χ4n) is 2.44. The molecule has 0 saturated carbocycles. The number of rotatable bonds is 10. The van der Waals surface area contributed by atoms with Crippen LogP contribution in [0.2, 0.25) is 0 Å². The molecule has 2 atom stereocenters. The third-order valence-corrected chi connectivity index (χ3v) is 13.4. The Kier molecular flexibility index (Phi) is 9.01. The first-order valence-corrected chi connectivity index (χ1v) is 17.1. The van der Waals surface area contributed by atoms with Crippen LogP contribution in [-0.2, 0) is 9.47 Å². The zero-order valence-electron chi connectivity index (χ0n) is 16.0. The van der Waals surface area contributed by atoms with Crippen LogP contribution in [0.5, 0.6) is 11.5 Å². The Hall–Kier alpha value is -0.670. The topological polar surface area (TPSA) is 36.9 Å². The van der Waals surface area contributed by atoms with Crippen molar-refractivity contribution in [1.82, 2.24) is 0 Å². The van der Waals surface area contributed by atoms with Crippen LogP contribution in [0.3, 0.4) is 0 Å². The van der Waals surface area contributed by atoms with Gasteiger partial charge in [0.1, 0.15) is 0 Å². The number of hydrogen-bond acceptors (Lipinski definition) is 4. The Morgan fingerprint density at radius 3 is 1.33 bits per heavy atom. The molecule has 0 amide bonds. The molecule has 4 nitrogen and oxygen atoms in total. The van der Waals surface area contributed by atoms with Gasteiger partial charge in [-0.2, -0.15) is 0 Å². The molecule has 0 heterocycles. The first kappa shape index (κ1) is 22.6. The summed E-state index contributed by atoms with van der Waals surface area (Å²) in [6.07, 6.45) is -0.600. The molecule has 0 aliphatic heterocycles. The van der Waals surface area contributed by atoms with E-state index in [-0.39, 0.29) is 12.6 Å². The van der Waals surface area contributed by atoms with Gasteiger partial charge in [-0.05, 0) is 0 Å². The molecule has 0 aromatic heterocycles. The molecule has 0 radical (unpaired) electrons. The zero-order valence-corrected chi connectivity index (χ0v) is 19.8. The molecule has 150 valence electrons. The summed E-state index contributed by atoms with van der Waals surface area (Å²) in [5.74, 6) is 1.45. The number of halogens is 2. The van der Waals surface area contributed by atoms with Crippen LogP contribution in [0.1, 0.15) is 27.7 Å². The molecule has 2 aromatic carbocycles. The summed E-state index contributed by atoms with van der Waals surface area (Å²) in [4.78, 5) is 0. The van der Waals surface area contributed by atoms with E-state index in [4.69, 9.17) is 36.9 Å². The van der Waals surface area contributed by atoms with E-state index in [9.17, 15) is 0 Å². The summed E-state index contributed by atoms with van der Waals surface area (Å²) in [7, 11) is 13.7. The molecule has 0 saturated heterocycles. The molecule has 0 spiro atoms. The van der Waals surface area contributed by atoms with E-state index >= 15 is 0 Å². The van der Waals surface area contributed by atoms with Crippen molar-refractivity contribution < 1.29 is 18.9 Å². The third-order valence-electron chi connectivity index (χ3n) is 3.65. The van der Waals surface area contributed by atoms with Gasteiger partial charge in [0.25, 0.3) is 0 Å². The van der Waals surface area contributed by atoms with Crippen molar-refractivity contribution >= 4 is 41.1 Å². The number of ether oxygens (including phenoxy) is 4. The van der Waals surface area contributed by atoms with Crippen LogP contribution < -0.4 is 16.7 Å². The van der Waals surface area contributed by atoms with Crippen LogP contribution in [-0.4, -0.2) is 41.7 Å². The summed E-state index contributed by atoms with van der Waals surface area (Å²) in [5.41, 5.74) is 0. The van der Waals surface area contributed by atoms with Gasteiger partial charge in [0.05, 0.1) is 0 Å². The van der Waals surface area contributed by atoms with Crippen LogP contribution >= 0.6 is 17.9 Å². The van der Waals surface area contributed by atoms with E-state index in [1.165, 1.54) is 0 Å². The van der Waals surface area contributed by atoms with Crippen molar-refractivity contribution in [2.24, 2.45) is 0 Å². The minimum absolute atomic E-state index is 0.300. The maximum atomic E-state index is 6.83. The standard InChI is InChI=1S/C20H26Cl2O4Te/c1-5-23-15(3)25-17-7-11-19(12-8-17)27(21,22)20-13-9-18(10-14-20)26-16(4)24-6-2/h7-16H,5-6H2,1-4H3. The number of hydrogen-bond donors (Lipinski definition) is 0. The molecule has 7 heteroatoms. The minimum atomic E-state index is -3.45. The Morgan fingerprint density at radius 1 is 0.704 bits per heavy atom. The van der Waals surface area contributed by atoms with Gasteiger partial charge in [0, 0.05) is 0 Å². The summed E-state index contributed by atoms with van der Waals surface area (Å²) in [6.45, 7) is 8.78. The Balaban J connectivity index is 2.08. The van der Waals surface area contributed by atoms with Crippen LogP contribution in [0.15, 0.2) is 48.5 Å². The molecule has 0 N–H and O–H groups in total. The predicted octanol–water partition coefficient (Wildman–Crippen LogP) is 4.24. The fourth-order valence-corrected chi connectivity index (χ4v) is 8.70. The second-order valence-electron chi connectivity index (χ2n) is 5.69. The molecule has 0 bridgehead atoms. The van der Waals surface area contributed by atoms with Gasteiger partial charge in [-0.15, -0.1) is 0 Å². The van der Waals surface area contributed by atoms with Crippen molar-refractivity contribution in [3.63, 3.8) is 0 Å². The van der Waals surface area contributed by atoms with Gasteiger partial charge in [-0.3, -0.25) is 0 Å². The van der Waals surface area contributed by atoms with Gasteiger partial charge >= 0.3 is 174 Å². The number of benzene rings is 2. The van der Waals surface area contributed by atoms with Gasteiger partial charge < -0.3 is 0 Å². The molecule has 2 unspecified atom stereocenters. The van der Waals surface area contributed by atoms with E-state index in [1.54, 1.807) is 0 Å². The van der Waals surface area contributed by atoms with Crippen LogP contribution in [0, 0.1) is 0 Å². The molecule has 0 aliphatic rings. The van der Waals surface area contributed by atoms with E-state index in [0.717, 1.165) is 18.7 Å². The normalized spacial score (nSPS) is 14.4. The van der Waals surface area contributed by atoms with Gasteiger partial charge in [-0.1, -0.05) is 0 Å². The average molecular weight is 529 g/mol. The summed E-state index contributed by atoms with van der Waals surface area (Å²) >= 11 is -3.45. The molecular formula is C20H26Cl2O4Te. The van der Waals surface area contributed by atoms with Crippen molar-refractivity contribution in [2.75, 3.05) is 13.2 Å². The molecule has 0 fully saturated rings. The maximum absolute atomic E-state index is 6.83. The van der Waals surface area contributed by atoms with Crippen molar-refractivity contribution in [1.29, 1.82) is 0 Å². The molecule has 0 aliphatic carbocycles. The second kappa shape index (κ2) is 10.8. The molecule has 2 aromatic rings. The zero-order chi connectivity index (χ0) is 19.9. The monoisotopic (exact) mass is 530 g/mol. The summed E-state index contributed by atoms with van der Waals surface area (Å²) in [6, 6.07) is 15.2. The summed E-state index contributed by atoms with van der Waals surface area (Å²) in [5, 5.41) is 0. The van der Waals surface area contributed by atoms with Gasteiger partial charge in [0.15, 0.2) is 0 Å². The van der Waals surface area contributed by atoms with E-state index in [1.807, 2.05) is 76.2 Å². The average Bonchev–Trinajstić information content (AvgIpc) is 2.63. The van der Waals surface area contributed by atoms with Gasteiger partial charge in [0.2, 0.25) is 0 Å². The van der Waals surface area contributed by atoms with Crippen LogP contribution in [0.4, 0.5) is 0 Å². The fraction of sp³-hybridized carbons (Fsp3) is 0.400. The second-order valence-corrected chi connectivity index (χ2v) is 18.3. The Bertz CT molecular complexity index is 633. The SMILES string of the molecule is CCOC(C)Oc1ccc([Te](Cl)(Cl)c2ccc(OC(C)OCC)cc2)cc1. The van der Waals surface area contributed by atoms with E-state index < -0.39 is 15.9 Å². The quantitative estimate of drug-likeness (QED) is 0.341. The van der Waals surface area contributed by atoms with E-state index in [0.29, 0.717) is 13.2 Å². The third kappa shape index (κ3) is 6.71. The molecule has 27 heavy (non-hydrogen) atoms. The first-order valence-electron chi connectivity index (χ1n) is 8.86. The Morgan fingerprint density at radius 2 is 1.04 bits per heavy atom. The van der Waals surface area contributed by atoms with Crippen molar-refractivity contribution in [2.45, 2.75) is 40.3 Å². The van der Waals surface area contributed by atoms with Crippen molar-refractivity contribution in [3.8, 4) is 11.5 Å². The van der Waals surface area contributed by atoms with Crippen molar-refractivity contribution in [3.05, 3.63) is 48.5 Å². The van der Waals surface area contributed by atoms with Crippen LogP contribution in [0.25, 0.3) is 0 Å². The molecular weight excluding hydrogens is 503 g/mol. The Labute approximate surface area is 173 Å².